The molecule has 1 unspecified atom stereocenters. The maximum absolute atomic E-state index is 12.2. The Morgan fingerprint density at radius 1 is 1.11 bits per heavy atom. The molecule has 2 saturated heterocycles. The Morgan fingerprint density at radius 2 is 1.85 bits per heavy atom. The van der Waals surface area contributed by atoms with Crippen LogP contribution in [0.15, 0.2) is 24.3 Å². The summed E-state index contributed by atoms with van der Waals surface area (Å²) in [4.78, 5) is 38.9. The molecule has 0 saturated carbocycles. The predicted octanol–water partition coefficient (Wildman–Crippen LogP) is 2.50. The van der Waals surface area contributed by atoms with Gasteiger partial charge in [0.15, 0.2) is 0 Å². The Balaban J connectivity index is 0.00000261. The number of carbonyl (C=O) groups excluding carboxylic acids is 2. The van der Waals surface area contributed by atoms with Crippen LogP contribution in [-0.4, -0.2) is 53.5 Å². The Bertz CT molecular complexity index is 680. The molecule has 1 atom stereocenters. The number of halogens is 1. The SMILES string of the molecule is Cl.O=C(CCN1CCCCC1C(=O)O)Nc1ccc(N2CCCC2=O)cc1. The highest BCUT2D eigenvalue weighted by molar-refractivity contribution is 5.96. The van der Waals surface area contributed by atoms with Crippen LogP contribution in [-0.2, 0) is 14.4 Å². The van der Waals surface area contributed by atoms with Crippen molar-refractivity contribution in [1.29, 1.82) is 0 Å². The molecule has 8 heteroatoms. The Hall–Kier alpha value is -2.12. The van der Waals surface area contributed by atoms with Crippen molar-refractivity contribution in [2.75, 3.05) is 29.9 Å². The molecule has 0 spiro atoms. The second-order valence-corrected chi connectivity index (χ2v) is 6.88. The molecule has 2 aliphatic rings. The van der Waals surface area contributed by atoms with Crippen molar-refractivity contribution >= 4 is 41.6 Å². The zero-order valence-electron chi connectivity index (χ0n) is 15.2. The van der Waals surface area contributed by atoms with Gasteiger partial charge in [0.2, 0.25) is 11.8 Å². The third-order valence-corrected chi connectivity index (χ3v) is 5.06. The summed E-state index contributed by atoms with van der Waals surface area (Å²) >= 11 is 0. The second-order valence-electron chi connectivity index (χ2n) is 6.88. The van der Waals surface area contributed by atoms with Gasteiger partial charge < -0.3 is 15.3 Å². The van der Waals surface area contributed by atoms with Crippen molar-refractivity contribution in [2.45, 2.75) is 44.6 Å². The number of carboxylic acid groups (broad SMARTS) is 1. The number of hydrogen-bond donors (Lipinski definition) is 2. The number of aliphatic carboxylic acids is 1. The van der Waals surface area contributed by atoms with Gasteiger partial charge in [-0.1, -0.05) is 6.42 Å². The van der Waals surface area contributed by atoms with E-state index >= 15 is 0 Å². The van der Waals surface area contributed by atoms with Crippen LogP contribution in [0.1, 0.15) is 38.5 Å². The van der Waals surface area contributed by atoms with Crippen molar-refractivity contribution < 1.29 is 19.5 Å². The molecule has 2 heterocycles. The van der Waals surface area contributed by atoms with Crippen LogP contribution in [0.3, 0.4) is 0 Å². The minimum absolute atomic E-state index is 0. The quantitative estimate of drug-likeness (QED) is 0.772. The lowest BCUT2D eigenvalue weighted by molar-refractivity contribution is -0.145. The number of piperidine rings is 1. The minimum atomic E-state index is -0.808. The Kier molecular flexibility index (Phi) is 7.62. The van der Waals surface area contributed by atoms with Gasteiger partial charge in [-0.25, -0.2) is 0 Å². The number of carboxylic acids is 1. The van der Waals surface area contributed by atoms with Gasteiger partial charge in [0.05, 0.1) is 0 Å². The number of benzene rings is 1. The maximum Gasteiger partial charge on any atom is 0.320 e. The summed E-state index contributed by atoms with van der Waals surface area (Å²) in [5.74, 6) is -0.807. The molecule has 2 fully saturated rings. The standard InChI is InChI=1S/C19H25N3O4.ClH/c23-17(10-13-21-11-2-1-4-16(21)19(25)26)20-14-6-8-15(9-7-14)22-12-3-5-18(22)24;/h6-9,16H,1-5,10-13H2,(H,20,23)(H,25,26);1H. The van der Waals surface area contributed by atoms with Gasteiger partial charge in [-0.05, 0) is 50.1 Å². The molecule has 1 aromatic rings. The van der Waals surface area contributed by atoms with Gasteiger partial charge in [0, 0.05) is 37.3 Å². The third-order valence-electron chi connectivity index (χ3n) is 5.06. The van der Waals surface area contributed by atoms with Crippen LogP contribution in [0.25, 0.3) is 0 Å². The van der Waals surface area contributed by atoms with E-state index in [1.165, 1.54) is 0 Å². The molecule has 2 aliphatic heterocycles. The van der Waals surface area contributed by atoms with Gasteiger partial charge in [0.1, 0.15) is 6.04 Å². The first-order chi connectivity index (χ1) is 12.5. The van der Waals surface area contributed by atoms with Crippen LogP contribution in [0.2, 0.25) is 0 Å². The van der Waals surface area contributed by atoms with Crippen molar-refractivity contribution in [2.24, 2.45) is 0 Å². The average Bonchev–Trinajstić information content (AvgIpc) is 3.07. The highest BCUT2D eigenvalue weighted by Crippen LogP contribution is 2.23. The van der Waals surface area contributed by atoms with Gasteiger partial charge in [-0.3, -0.25) is 19.3 Å². The van der Waals surface area contributed by atoms with E-state index in [1.54, 1.807) is 17.0 Å². The molecule has 0 aliphatic carbocycles. The van der Waals surface area contributed by atoms with E-state index < -0.39 is 12.0 Å². The van der Waals surface area contributed by atoms with Crippen LogP contribution >= 0.6 is 12.4 Å². The fourth-order valence-corrected chi connectivity index (χ4v) is 3.65. The molecule has 0 bridgehead atoms. The topological polar surface area (TPSA) is 89.9 Å². The Morgan fingerprint density at radius 3 is 2.48 bits per heavy atom. The number of hydrogen-bond acceptors (Lipinski definition) is 4. The summed E-state index contributed by atoms with van der Waals surface area (Å²) in [6, 6.07) is 6.78. The lowest BCUT2D eigenvalue weighted by Gasteiger charge is -2.32. The lowest BCUT2D eigenvalue weighted by Crippen LogP contribution is -2.45. The lowest BCUT2D eigenvalue weighted by atomic mass is 10.0. The smallest absolute Gasteiger partial charge is 0.320 e. The van der Waals surface area contributed by atoms with Crippen molar-refractivity contribution in [1.82, 2.24) is 4.90 Å². The van der Waals surface area contributed by atoms with Crippen LogP contribution in [0.5, 0.6) is 0 Å². The van der Waals surface area contributed by atoms with Crippen LogP contribution < -0.4 is 10.2 Å². The van der Waals surface area contributed by atoms with E-state index in [9.17, 15) is 19.5 Å². The second kappa shape index (κ2) is 9.71. The number of anilines is 2. The number of likely N-dealkylation sites (tertiary alicyclic amines) is 1. The Labute approximate surface area is 165 Å². The minimum Gasteiger partial charge on any atom is -0.480 e. The number of amides is 2. The van der Waals surface area contributed by atoms with E-state index in [4.69, 9.17) is 0 Å². The van der Waals surface area contributed by atoms with E-state index in [-0.39, 0.29) is 30.6 Å². The van der Waals surface area contributed by atoms with Gasteiger partial charge in [-0.15, -0.1) is 12.4 Å². The number of nitrogens with one attached hydrogen (secondary N) is 1. The van der Waals surface area contributed by atoms with Gasteiger partial charge in [0.25, 0.3) is 0 Å². The van der Waals surface area contributed by atoms with Gasteiger partial charge in [-0.2, -0.15) is 0 Å². The van der Waals surface area contributed by atoms with E-state index in [0.717, 1.165) is 38.0 Å². The summed E-state index contributed by atoms with van der Waals surface area (Å²) in [7, 11) is 0. The maximum atomic E-state index is 12.2. The first-order valence-corrected chi connectivity index (χ1v) is 9.22. The van der Waals surface area contributed by atoms with Crippen molar-refractivity contribution in [3.63, 3.8) is 0 Å². The highest BCUT2D eigenvalue weighted by atomic mass is 35.5. The fraction of sp³-hybridized carbons (Fsp3) is 0.526. The normalized spacial score (nSPS) is 20.2. The largest absolute Gasteiger partial charge is 0.480 e. The zero-order valence-corrected chi connectivity index (χ0v) is 16.0. The molecular weight excluding hydrogens is 370 g/mol. The summed E-state index contributed by atoms with van der Waals surface area (Å²) < 4.78 is 0. The molecular formula is C19H26ClN3O4. The third kappa shape index (κ3) is 5.43. The molecule has 2 amide bonds. The molecule has 0 radical (unpaired) electrons. The van der Waals surface area contributed by atoms with Gasteiger partial charge >= 0.3 is 5.97 Å². The average molecular weight is 396 g/mol. The first kappa shape index (κ1) is 21.2. The monoisotopic (exact) mass is 395 g/mol. The molecule has 3 rings (SSSR count). The van der Waals surface area contributed by atoms with E-state index in [2.05, 4.69) is 5.32 Å². The molecule has 2 N–H and O–H groups in total. The molecule has 7 nitrogen and oxygen atoms in total. The molecule has 0 aromatic heterocycles. The zero-order chi connectivity index (χ0) is 18.5. The number of carbonyl (C=O) groups is 3. The summed E-state index contributed by atoms with van der Waals surface area (Å²) in [5, 5.41) is 12.1. The molecule has 1 aromatic carbocycles. The van der Waals surface area contributed by atoms with E-state index in [0.29, 0.717) is 25.1 Å². The fourth-order valence-electron chi connectivity index (χ4n) is 3.65. The number of nitrogens with zero attached hydrogens (tertiary/aromatic N) is 2. The van der Waals surface area contributed by atoms with Crippen molar-refractivity contribution in [3.05, 3.63) is 24.3 Å². The van der Waals surface area contributed by atoms with Crippen LogP contribution in [0.4, 0.5) is 11.4 Å². The summed E-state index contributed by atoms with van der Waals surface area (Å²) in [6.45, 7) is 1.91. The highest BCUT2D eigenvalue weighted by Gasteiger charge is 2.28. The summed E-state index contributed by atoms with van der Waals surface area (Å²) in [5.41, 5.74) is 1.53. The van der Waals surface area contributed by atoms with Crippen molar-refractivity contribution in [3.8, 4) is 0 Å². The number of rotatable bonds is 6. The van der Waals surface area contributed by atoms with E-state index in [1.807, 2.05) is 17.0 Å². The first-order valence-electron chi connectivity index (χ1n) is 9.22. The van der Waals surface area contributed by atoms with Crippen LogP contribution in [0, 0.1) is 0 Å². The predicted molar refractivity (Wildman–Crippen MR) is 105 cm³/mol. The molecule has 27 heavy (non-hydrogen) atoms. The summed E-state index contributed by atoms with van der Waals surface area (Å²) in [6.07, 6.45) is 4.27. The molecule has 148 valence electrons.